The lowest BCUT2D eigenvalue weighted by atomic mass is 10.3. The first-order chi connectivity index (χ1) is 10.3. The molecule has 0 fully saturated rings. The number of aromatic nitrogens is 1. The largest absolute Gasteiger partial charge is 0.326 e. The minimum Gasteiger partial charge on any atom is -0.326 e. The molecule has 0 saturated carbocycles. The minimum atomic E-state index is -3.77. The molecule has 1 aromatic carbocycles. The van der Waals surface area contributed by atoms with Gasteiger partial charge in [0.05, 0.1) is 26.7 Å². The number of amides is 1. The summed E-state index contributed by atoms with van der Waals surface area (Å²) in [6.45, 7) is 1.38. The Morgan fingerprint density at radius 2 is 1.86 bits per heavy atom. The minimum absolute atomic E-state index is 0.0893. The van der Waals surface area contributed by atoms with Gasteiger partial charge in [-0.2, -0.15) is 3.33 Å². The second-order valence-electron chi connectivity index (χ2n) is 4.26. The van der Waals surface area contributed by atoms with Crippen molar-refractivity contribution in [1.82, 2.24) is 4.98 Å². The third-order valence-corrected chi connectivity index (χ3v) is 6.08. The fourth-order valence-corrected chi connectivity index (χ4v) is 3.78. The van der Waals surface area contributed by atoms with E-state index in [1.54, 1.807) is 12.1 Å². The molecule has 0 aliphatic heterocycles. The first-order valence-corrected chi connectivity index (χ1v) is 8.95. The van der Waals surface area contributed by atoms with Gasteiger partial charge in [0.15, 0.2) is 0 Å². The van der Waals surface area contributed by atoms with Crippen LogP contribution >= 0.6 is 32.1 Å². The van der Waals surface area contributed by atoms with Gasteiger partial charge in [-0.25, -0.2) is 13.4 Å². The standard InChI is InChI=1S/C13H11Br2N3O3S/c1-9(19)17-10-2-4-12(5-3-10)22(20,21)18(15)11-6-7-16-13(14)8-11/h2-8H,1H3,(H,17,19). The summed E-state index contributed by atoms with van der Waals surface area (Å²) in [6, 6.07) is 9.02. The average Bonchev–Trinajstić information content (AvgIpc) is 2.46. The molecule has 0 saturated heterocycles. The molecule has 0 bridgehead atoms. The van der Waals surface area contributed by atoms with Crippen LogP contribution in [0.25, 0.3) is 0 Å². The lowest BCUT2D eigenvalue weighted by molar-refractivity contribution is -0.114. The van der Waals surface area contributed by atoms with Gasteiger partial charge >= 0.3 is 0 Å². The molecule has 6 nitrogen and oxygen atoms in total. The van der Waals surface area contributed by atoms with Crippen LogP contribution in [0, 0.1) is 0 Å². The summed E-state index contributed by atoms with van der Waals surface area (Å²) in [5.74, 6) is -0.223. The summed E-state index contributed by atoms with van der Waals surface area (Å²) in [4.78, 5) is 15.0. The molecular formula is C13H11Br2N3O3S. The van der Waals surface area contributed by atoms with E-state index in [1.807, 2.05) is 0 Å². The lowest BCUT2D eigenvalue weighted by Gasteiger charge is -2.17. The fourth-order valence-electron chi connectivity index (χ4n) is 1.65. The molecule has 0 radical (unpaired) electrons. The van der Waals surface area contributed by atoms with Crippen molar-refractivity contribution in [3.8, 4) is 0 Å². The highest BCUT2D eigenvalue weighted by molar-refractivity contribution is 9.11. The van der Waals surface area contributed by atoms with Crippen molar-refractivity contribution in [3.05, 3.63) is 47.2 Å². The number of nitrogens with one attached hydrogen (secondary N) is 1. The molecule has 1 amide bonds. The van der Waals surface area contributed by atoms with E-state index in [1.165, 1.54) is 37.4 Å². The van der Waals surface area contributed by atoms with Crippen LogP contribution in [0.1, 0.15) is 6.92 Å². The highest BCUT2D eigenvalue weighted by Crippen LogP contribution is 2.28. The average molecular weight is 449 g/mol. The number of sulfonamides is 1. The number of halogens is 2. The van der Waals surface area contributed by atoms with Crippen molar-refractivity contribution < 1.29 is 13.2 Å². The normalized spacial score (nSPS) is 11.0. The Hall–Kier alpha value is -1.45. The Bertz CT molecular complexity index is 794. The number of carbonyl (C=O) groups excluding carboxylic acids is 1. The Morgan fingerprint density at radius 1 is 1.23 bits per heavy atom. The van der Waals surface area contributed by atoms with E-state index in [9.17, 15) is 13.2 Å². The molecule has 0 atom stereocenters. The predicted molar refractivity (Wildman–Crippen MR) is 91.3 cm³/mol. The number of hydrogen-bond acceptors (Lipinski definition) is 4. The molecular weight excluding hydrogens is 438 g/mol. The monoisotopic (exact) mass is 447 g/mol. The van der Waals surface area contributed by atoms with Crippen LogP contribution in [-0.4, -0.2) is 19.3 Å². The molecule has 1 aromatic heterocycles. The van der Waals surface area contributed by atoms with Crippen molar-refractivity contribution in [2.45, 2.75) is 11.8 Å². The van der Waals surface area contributed by atoms with Gasteiger partial charge < -0.3 is 5.32 Å². The molecule has 0 aliphatic carbocycles. The lowest BCUT2D eigenvalue weighted by Crippen LogP contribution is -2.20. The van der Waals surface area contributed by atoms with E-state index in [4.69, 9.17) is 0 Å². The SMILES string of the molecule is CC(=O)Nc1ccc(S(=O)(=O)N(Br)c2ccnc(Br)c2)cc1. The number of rotatable bonds is 4. The van der Waals surface area contributed by atoms with Crippen molar-refractivity contribution in [1.29, 1.82) is 0 Å². The highest BCUT2D eigenvalue weighted by atomic mass is 79.9. The van der Waals surface area contributed by atoms with Crippen LogP contribution < -0.4 is 8.65 Å². The van der Waals surface area contributed by atoms with Crippen LogP contribution in [0.2, 0.25) is 0 Å². The number of anilines is 2. The summed E-state index contributed by atoms with van der Waals surface area (Å²) in [5.41, 5.74) is 0.937. The van der Waals surface area contributed by atoms with Gasteiger partial charge in [0.25, 0.3) is 10.0 Å². The van der Waals surface area contributed by atoms with Gasteiger partial charge in [0.2, 0.25) is 5.91 Å². The molecule has 2 aromatic rings. The zero-order valence-corrected chi connectivity index (χ0v) is 15.3. The van der Waals surface area contributed by atoms with Crippen molar-refractivity contribution in [2.75, 3.05) is 8.65 Å². The fraction of sp³-hybridized carbons (Fsp3) is 0.0769. The summed E-state index contributed by atoms with van der Waals surface area (Å²) in [7, 11) is -3.77. The maximum Gasteiger partial charge on any atom is 0.273 e. The van der Waals surface area contributed by atoms with E-state index < -0.39 is 10.0 Å². The van der Waals surface area contributed by atoms with Crippen molar-refractivity contribution in [2.24, 2.45) is 0 Å². The predicted octanol–water partition coefficient (Wildman–Crippen LogP) is 3.31. The van der Waals surface area contributed by atoms with Gasteiger partial charge in [-0.05, 0) is 52.3 Å². The van der Waals surface area contributed by atoms with E-state index in [0.717, 1.165) is 3.33 Å². The second-order valence-corrected chi connectivity index (χ2v) is 8.04. The van der Waals surface area contributed by atoms with E-state index in [0.29, 0.717) is 16.0 Å². The molecule has 9 heteroatoms. The first-order valence-electron chi connectivity index (χ1n) is 6.01. The molecule has 0 spiro atoms. The van der Waals surface area contributed by atoms with Crippen LogP contribution in [0.3, 0.4) is 0 Å². The molecule has 1 heterocycles. The molecule has 22 heavy (non-hydrogen) atoms. The molecule has 0 aliphatic rings. The third-order valence-electron chi connectivity index (χ3n) is 2.60. The van der Waals surface area contributed by atoms with Crippen molar-refractivity contribution >= 4 is 59.4 Å². The summed E-state index contributed by atoms with van der Waals surface area (Å²) in [5, 5.41) is 2.58. The number of benzene rings is 1. The Morgan fingerprint density at radius 3 is 2.41 bits per heavy atom. The maximum atomic E-state index is 12.5. The Balaban J connectivity index is 2.31. The van der Waals surface area contributed by atoms with Crippen LogP contribution in [0.15, 0.2) is 52.1 Å². The van der Waals surface area contributed by atoms with Gasteiger partial charge in [-0.15, -0.1) is 0 Å². The Kier molecular flexibility index (Phi) is 5.20. The summed E-state index contributed by atoms with van der Waals surface area (Å²) in [6.07, 6.45) is 1.49. The van der Waals surface area contributed by atoms with Crippen molar-refractivity contribution in [3.63, 3.8) is 0 Å². The molecule has 2 rings (SSSR count). The second kappa shape index (κ2) is 6.76. The smallest absolute Gasteiger partial charge is 0.273 e. The van der Waals surface area contributed by atoms with E-state index in [-0.39, 0.29) is 10.8 Å². The number of hydrogen-bond donors (Lipinski definition) is 1. The number of pyridine rings is 1. The Labute approximate surface area is 145 Å². The zero-order valence-electron chi connectivity index (χ0n) is 11.3. The highest BCUT2D eigenvalue weighted by Gasteiger charge is 2.23. The topological polar surface area (TPSA) is 79.4 Å². The maximum absolute atomic E-state index is 12.5. The van der Waals surface area contributed by atoms with Gasteiger partial charge in [-0.3, -0.25) is 4.79 Å². The van der Waals surface area contributed by atoms with E-state index in [2.05, 4.69) is 42.4 Å². The zero-order chi connectivity index (χ0) is 16.3. The number of nitrogens with zero attached hydrogens (tertiary/aromatic N) is 2. The molecule has 1 N–H and O–H groups in total. The summed E-state index contributed by atoms with van der Waals surface area (Å²) < 4.78 is 26.6. The first kappa shape index (κ1) is 16.9. The molecule has 0 unspecified atom stereocenters. The third kappa shape index (κ3) is 3.84. The van der Waals surface area contributed by atoms with Crippen LogP contribution in [-0.2, 0) is 14.8 Å². The van der Waals surface area contributed by atoms with Gasteiger partial charge in [0.1, 0.15) is 4.60 Å². The van der Waals surface area contributed by atoms with Crippen LogP contribution in [0.5, 0.6) is 0 Å². The molecule has 116 valence electrons. The van der Waals surface area contributed by atoms with Crippen LogP contribution in [0.4, 0.5) is 11.4 Å². The van der Waals surface area contributed by atoms with Gasteiger partial charge in [0, 0.05) is 18.8 Å². The summed E-state index contributed by atoms with van der Waals surface area (Å²) >= 11 is 6.26. The number of carbonyl (C=O) groups is 1. The van der Waals surface area contributed by atoms with Gasteiger partial charge in [-0.1, -0.05) is 0 Å². The van der Waals surface area contributed by atoms with E-state index >= 15 is 0 Å². The quantitative estimate of drug-likeness (QED) is 0.574.